The summed E-state index contributed by atoms with van der Waals surface area (Å²) in [4.78, 5) is 27.8. The predicted octanol–water partition coefficient (Wildman–Crippen LogP) is 2.08. The minimum Gasteiger partial charge on any atom is -0.478 e. The molecule has 3 bridgehead atoms. The van der Waals surface area contributed by atoms with E-state index in [0.29, 0.717) is 19.3 Å². The van der Waals surface area contributed by atoms with Gasteiger partial charge in [0.1, 0.15) is 17.8 Å². The lowest BCUT2D eigenvalue weighted by atomic mass is 9.78. The fourth-order valence-electron chi connectivity index (χ4n) is 7.27. The molecule has 3 fully saturated rings. The highest BCUT2D eigenvalue weighted by molar-refractivity contribution is 5.90. The lowest BCUT2D eigenvalue weighted by molar-refractivity contribution is -0.327. The van der Waals surface area contributed by atoms with Crippen molar-refractivity contribution in [2.24, 2.45) is 17.8 Å². The first-order valence-electron chi connectivity index (χ1n) is 14.4. The minimum atomic E-state index is -1.64. The van der Waals surface area contributed by atoms with Crippen LogP contribution in [0.25, 0.3) is 0 Å². The van der Waals surface area contributed by atoms with E-state index in [-0.39, 0.29) is 17.7 Å². The van der Waals surface area contributed by atoms with E-state index in [1.54, 1.807) is 27.7 Å². The summed E-state index contributed by atoms with van der Waals surface area (Å²) in [5.74, 6) is -5.52. The van der Waals surface area contributed by atoms with Crippen molar-refractivity contribution < 1.29 is 48.6 Å². The third-order valence-corrected chi connectivity index (χ3v) is 9.48. The Labute approximate surface area is 236 Å². The van der Waals surface area contributed by atoms with Crippen molar-refractivity contribution in [3.05, 3.63) is 11.6 Å². The molecule has 0 aromatic rings. The topological polar surface area (TPSA) is 144 Å². The van der Waals surface area contributed by atoms with Gasteiger partial charge in [0, 0.05) is 17.9 Å². The number of ether oxygens (including phenoxy) is 5. The van der Waals surface area contributed by atoms with Crippen LogP contribution < -0.4 is 0 Å². The number of hydrogen-bond acceptors (Lipinski definition) is 10. The first kappa shape index (κ1) is 31.3. The number of carbonyl (C=O) groups is 2. The second-order valence-electron chi connectivity index (χ2n) is 12.9. The molecule has 4 aliphatic heterocycles. The normalized spacial score (nSPS) is 49.7. The number of likely N-dealkylation sites (N-methyl/N-ethyl adjacent to an activating group) is 1. The van der Waals surface area contributed by atoms with Crippen molar-refractivity contribution in [1.82, 2.24) is 4.90 Å². The van der Waals surface area contributed by atoms with Gasteiger partial charge in [0.2, 0.25) is 5.79 Å². The second kappa shape index (κ2) is 10.9. The number of aliphatic hydroxyl groups is 2. The first-order valence-corrected chi connectivity index (χ1v) is 14.4. The van der Waals surface area contributed by atoms with Gasteiger partial charge in [-0.15, -0.1) is 0 Å². The second-order valence-corrected chi connectivity index (χ2v) is 12.9. The maximum Gasteiger partial charge on any atom is 0.336 e. The van der Waals surface area contributed by atoms with Crippen molar-refractivity contribution in [3.63, 3.8) is 0 Å². The molecule has 3 saturated heterocycles. The Morgan fingerprint density at radius 3 is 2.35 bits per heavy atom. The number of rotatable bonds is 5. The highest BCUT2D eigenvalue weighted by Crippen LogP contribution is 2.56. The first-order chi connectivity index (χ1) is 18.5. The Morgan fingerprint density at radius 2 is 1.77 bits per heavy atom. The van der Waals surface area contributed by atoms with Gasteiger partial charge in [-0.3, -0.25) is 4.79 Å². The summed E-state index contributed by atoms with van der Waals surface area (Å²) in [5.41, 5.74) is -2.52. The SMILES string of the molecule is CCC1OC(=O)C(C)C(O)C(C)[C@@H](OC2OC(C)CC(N(C)C)[C@H]2O)[C@]2(C)CC(C)C3(OC1(C)C=C3C(=O)O)O2. The maximum absolute atomic E-state index is 13.3. The molecule has 4 rings (SSSR count). The molecule has 11 nitrogen and oxygen atoms in total. The summed E-state index contributed by atoms with van der Waals surface area (Å²) < 4.78 is 31.7. The Morgan fingerprint density at radius 1 is 1.12 bits per heavy atom. The zero-order chi connectivity index (χ0) is 29.9. The lowest BCUT2D eigenvalue weighted by Crippen LogP contribution is -2.59. The van der Waals surface area contributed by atoms with Crippen LogP contribution in [0.5, 0.6) is 0 Å². The van der Waals surface area contributed by atoms with Gasteiger partial charge in [-0.1, -0.05) is 20.8 Å². The molecule has 0 aromatic carbocycles. The van der Waals surface area contributed by atoms with Gasteiger partial charge >= 0.3 is 11.9 Å². The van der Waals surface area contributed by atoms with Gasteiger partial charge in [0.15, 0.2) is 6.29 Å². The molecule has 0 aliphatic carbocycles. The number of aliphatic hydroxyl groups excluding tert-OH is 2. The summed E-state index contributed by atoms with van der Waals surface area (Å²) >= 11 is 0. The third-order valence-electron chi connectivity index (χ3n) is 9.48. The van der Waals surface area contributed by atoms with Gasteiger partial charge < -0.3 is 43.9 Å². The lowest BCUT2D eigenvalue weighted by Gasteiger charge is -2.47. The summed E-state index contributed by atoms with van der Waals surface area (Å²) in [6, 6.07) is -0.233. The highest BCUT2D eigenvalue weighted by Gasteiger charge is 2.67. The number of esters is 1. The van der Waals surface area contributed by atoms with Crippen LogP contribution in [0.3, 0.4) is 0 Å². The van der Waals surface area contributed by atoms with Crippen LogP contribution in [-0.2, 0) is 33.3 Å². The van der Waals surface area contributed by atoms with E-state index in [0.717, 1.165) is 0 Å². The van der Waals surface area contributed by atoms with E-state index >= 15 is 0 Å². The third kappa shape index (κ3) is 5.12. The Kier molecular flexibility index (Phi) is 8.55. The quantitative estimate of drug-likeness (QED) is 0.419. The molecule has 0 radical (unpaired) electrons. The van der Waals surface area contributed by atoms with Crippen molar-refractivity contribution >= 4 is 11.9 Å². The van der Waals surface area contributed by atoms with Crippen molar-refractivity contribution in [2.75, 3.05) is 14.1 Å². The number of carboxylic acid groups (broad SMARTS) is 1. The number of fused-ring (bicyclic) bond motifs is 2. The van der Waals surface area contributed by atoms with E-state index in [2.05, 4.69) is 0 Å². The molecular weight excluding hydrogens is 522 g/mol. The summed E-state index contributed by atoms with van der Waals surface area (Å²) in [5, 5.41) is 33.0. The molecule has 0 amide bonds. The summed E-state index contributed by atoms with van der Waals surface area (Å²) in [7, 11) is 3.76. The smallest absolute Gasteiger partial charge is 0.336 e. The number of nitrogens with zero attached hydrogens (tertiary/aromatic N) is 1. The van der Waals surface area contributed by atoms with E-state index < -0.39 is 77.4 Å². The molecular formula is C29H47NO10. The molecule has 10 unspecified atom stereocenters. The average Bonchev–Trinajstić information content (AvgIpc) is 3.32. The largest absolute Gasteiger partial charge is 0.478 e. The zero-order valence-electron chi connectivity index (χ0n) is 25.1. The molecule has 4 heterocycles. The van der Waals surface area contributed by atoms with Gasteiger partial charge in [0.05, 0.1) is 35.4 Å². The van der Waals surface area contributed by atoms with Crippen LogP contribution in [0.4, 0.5) is 0 Å². The molecule has 40 heavy (non-hydrogen) atoms. The zero-order valence-corrected chi connectivity index (χ0v) is 25.1. The van der Waals surface area contributed by atoms with Gasteiger partial charge in [-0.05, 0) is 67.1 Å². The number of cyclic esters (lactones) is 1. The molecule has 13 atom stereocenters. The van der Waals surface area contributed by atoms with Gasteiger partial charge in [-0.25, -0.2) is 4.79 Å². The molecule has 3 N–H and O–H groups in total. The van der Waals surface area contributed by atoms with Crippen LogP contribution >= 0.6 is 0 Å². The van der Waals surface area contributed by atoms with Crippen molar-refractivity contribution in [2.45, 2.75) is 128 Å². The molecule has 11 heteroatoms. The number of carboxylic acids is 1. The fourth-order valence-corrected chi connectivity index (χ4v) is 7.27. The summed E-state index contributed by atoms with van der Waals surface area (Å²) in [6.07, 6.45) is -2.39. The van der Waals surface area contributed by atoms with Crippen LogP contribution in [0.1, 0.15) is 67.7 Å². The fraction of sp³-hybridized carbons (Fsp3) is 0.862. The highest BCUT2D eigenvalue weighted by atomic mass is 16.8. The Balaban J connectivity index is 1.82. The van der Waals surface area contributed by atoms with E-state index in [9.17, 15) is 24.9 Å². The van der Waals surface area contributed by atoms with Gasteiger partial charge in [-0.2, -0.15) is 0 Å². The van der Waals surface area contributed by atoms with Crippen molar-refractivity contribution in [3.8, 4) is 0 Å². The van der Waals surface area contributed by atoms with Crippen LogP contribution in [0.2, 0.25) is 0 Å². The average molecular weight is 570 g/mol. The Hall–Kier alpha value is -1.60. The molecule has 1 spiro atoms. The van der Waals surface area contributed by atoms with Crippen LogP contribution in [0, 0.1) is 17.8 Å². The van der Waals surface area contributed by atoms with E-state index in [4.69, 9.17) is 23.7 Å². The van der Waals surface area contributed by atoms with Gasteiger partial charge in [0.25, 0.3) is 0 Å². The van der Waals surface area contributed by atoms with Crippen molar-refractivity contribution in [1.29, 1.82) is 0 Å². The molecule has 0 aromatic heterocycles. The minimum absolute atomic E-state index is 0.0600. The molecule has 0 saturated carbocycles. The number of carbonyl (C=O) groups excluding carboxylic acids is 1. The number of aliphatic carboxylic acids is 1. The van der Waals surface area contributed by atoms with Crippen LogP contribution in [0.15, 0.2) is 11.6 Å². The predicted molar refractivity (Wildman–Crippen MR) is 143 cm³/mol. The van der Waals surface area contributed by atoms with E-state index in [1.165, 1.54) is 6.08 Å². The number of hydrogen-bond donors (Lipinski definition) is 3. The van der Waals surface area contributed by atoms with E-state index in [1.807, 2.05) is 39.8 Å². The monoisotopic (exact) mass is 569 g/mol. The maximum atomic E-state index is 13.3. The summed E-state index contributed by atoms with van der Waals surface area (Å²) in [6.45, 7) is 12.4. The standard InChI is InChI=1S/C29H47NO10/c1-10-20-27(6)13-18(24(33)34)29(39-27)14(2)12-28(7,40-29)23(16(4)21(31)17(5)25(35)37-20)38-26-22(32)19(30(8)9)11-15(3)36-26/h13-17,19-23,26,31-32H,10-12H2,1-9H3,(H,33,34)/t14?,15?,16?,17?,19?,20?,21?,22-,23-,26?,27?,28+,29?/m1/s1. The molecule has 228 valence electrons. The molecule has 4 aliphatic rings. The van der Waals surface area contributed by atoms with Crippen LogP contribution in [-0.4, -0.2) is 106 Å². The Bertz CT molecular complexity index is 1020.